The standard InChI is InChI=1S/C19H16N4O2/c20-8-9-23-16-7-2-1-6-15(16)21-12-18(23)22-11-17(23)13-4-3-5-14(10-13)19(24)25/h1-7,10-12H,8-9,20H2/p+1. The first kappa shape index (κ1) is 15.4. The lowest BCUT2D eigenvalue weighted by Crippen LogP contribution is -2.55. The van der Waals surface area contributed by atoms with Crippen molar-refractivity contribution >= 4 is 35.1 Å². The van der Waals surface area contributed by atoms with Crippen LogP contribution in [0.15, 0.2) is 64.7 Å². The predicted octanol–water partition coefficient (Wildman–Crippen LogP) is 2.78. The molecular weight excluding hydrogens is 316 g/mol. The molecule has 0 fully saturated rings. The number of amidine groups is 1. The van der Waals surface area contributed by atoms with Crippen molar-refractivity contribution in [3.63, 3.8) is 0 Å². The number of aliphatic imine (C=N–C) groups is 2. The maximum Gasteiger partial charge on any atom is 0.335 e. The lowest BCUT2D eigenvalue weighted by molar-refractivity contribution is 0.0697. The van der Waals surface area contributed by atoms with Crippen molar-refractivity contribution in [2.45, 2.75) is 0 Å². The first-order valence-corrected chi connectivity index (χ1v) is 8.01. The second kappa shape index (κ2) is 5.77. The summed E-state index contributed by atoms with van der Waals surface area (Å²) in [5, 5.41) is 9.32. The van der Waals surface area contributed by atoms with E-state index in [0.717, 1.165) is 28.5 Å². The normalized spacial score (nSPS) is 20.5. The second-order valence-corrected chi connectivity index (χ2v) is 5.96. The molecule has 3 N–H and O–H groups in total. The fourth-order valence-corrected chi connectivity index (χ4v) is 3.51. The van der Waals surface area contributed by atoms with E-state index < -0.39 is 5.97 Å². The van der Waals surface area contributed by atoms with E-state index in [4.69, 9.17) is 5.73 Å². The third-order valence-electron chi connectivity index (χ3n) is 4.60. The van der Waals surface area contributed by atoms with Crippen molar-refractivity contribution in [2.24, 2.45) is 15.7 Å². The van der Waals surface area contributed by atoms with Gasteiger partial charge in [0.05, 0.1) is 11.8 Å². The van der Waals surface area contributed by atoms with Gasteiger partial charge >= 0.3 is 5.97 Å². The summed E-state index contributed by atoms with van der Waals surface area (Å²) in [7, 11) is 0. The number of nitrogens with zero attached hydrogens (tertiary/aromatic N) is 3. The van der Waals surface area contributed by atoms with Gasteiger partial charge in [0.15, 0.2) is 11.4 Å². The summed E-state index contributed by atoms with van der Waals surface area (Å²) >= 11 is 0. The van der Waals surface area contributed by atoms with Crippen LogP contribution >= 0.6 is 0 Å². The molecule has 6 heteroatoms. The van der Waals surface area contributed by atoms with Crippen LogP contribution in [0.4, 0.5) is 11.4 Å². The van der Waals surface area contributed by atoms with Crippen LogP contribution in [-0.4, -0.2) is 36.2 Å². The Morgan fingerprint density at radius 3 is 2.80 bits per heavy atom. The number of carbonyl (C=O) groups is 1. The van der Waals surface area contributed by atoms with E-state index >= 15 is 0 Å². The van der Waals surface area contributed by atoms with Crippen molar-refractivity contribution in [1.29, 1.82) is 0 Å². The van der Waals surface area contributed by atoms with Gasteiger partial charge in [-0.3, -0.25) is 0 Å². The number of hydrogen-bond acceptors (Lipinski definition) is 4. The Balaban J connectivity index is 1.92. The summed E-state index contributed by atoms with van der Waals surface area (Å²) in [5.41, 5.74) is 9.79. The summed E-state index contributed by atoms with van der Waals surface area (Å²) in [5.74, 6) is -0.160. The van der Waals surface area contributed by atoms with Crippen LogP contribution in [0, 0.1) is 0 Å². The van der Waals surface area contributed by atoms with Gasteiger partial charge < -0.3 is 10.8 Å². The second-order valence-electron chi connectivity index (χ2n) is 5.96. The Hall–Kier alpha value is -3.09. The van der Waals surface area contributed by atoms with Crippen molar-refractivity contribution in [1.82, 2.24) is 4.48 Å². The molecule has 2 aromatic carbocycles. The molecule has 2 heterocycles. The van der Waals surface area contributed by atoms with Crippen LogP contribution in [0.3, 0.4) is 0 Å². The van der Waals surface area contributed by atoms with Gasteiger partial charge in [-0.25, -0.2) is 14.3 Å². The minimum atomic E-state index is -0.951. The number of fused-ring (bicyclic) bond motifs is 3. The van der Waals surface area contributed by atoms with Crippen molar-refractivity contribution in [3.05, 3.63) is 65.9 Å². The van der Waals surface area contributed by atoms with Gasteiger partial charge in [0.25, 0.3) is 5.84 Å². The first-order valence-electron chi connectivity index (χ1n) is 8.01. The molecule has 0 aliphatic carbocycles. The third kappa shape index (κ3) is 2.23. The molecule has 1 unspecified atom stereocenters. The summed E-state index contributed by atoms with van der Waals surface area (Å²) in [6.45, 7) is 1.07. The number of rotatable bonds is 4. The lowest BCUT2D eigenvalue weighted by Gasteiger charge is -2.37. The molecule has 6 nitrogen and oxygen atoms in total. The average Bonchev–Trinajstić information content (AvgIpc) is 3.01. The lowest BCUT2D eigenvalue weighted by atomic mass is 10.0. The molecule has 0 radical (unpaired) electrons. The molecule has 2 aliphatic rings. The average molecular weight is 333 g/mol. The molecular formula is C19H17N4O2+. The summed E-state index contributed by atoms with van der Waals surface area (Å²) in [4.78, 5) is 20.4. The Bertz CT molecular complexity index is 961. The number of carboxylic acid groups (broad SMARTS) is 1. The number of hydrogen-bond donors (Lipinski definition) is 2. The van der Waals surface area contributed by atoms with Gasteiger partial charge in [-0.1, -0.05) is 18.2 Å². The molecule has 0 bridgehead atoms. The monoisotopic (exact) mass is 333 g/mol. The Labute approximate surface area is 144 Å². The molecule has 2 aromatic rings. The van der Waals surface area contributed by atoms with E-state index in [-0.39, 0.29) is 5.56 Å². The maximum absolute atomic E-state index is 11.4. The van der Waals surface area contributed by atoms with Gasteiger partial charge in [0.1, 0.15) is 18.4 Å². The molecule has 124 valence electrons. The third-order valence-corrected chi connectivity index (χ3v) is 4.60. The summed E-state index contributed by atoms with van der Waals surface area (Å²) in [6, 6.07) is 14.8. The number of para-hydroxylation sites is 2. The molecule has 4 rings (SSSR count). The minimum Gasteiger partial charge on any atom is -0.478 e. The van der Waals surface area contributed by atoms with E-state index in [9.17, 15) is 9.90 Å². The first-order chi connectivity index (χ1) is 12.2. The summed E-state index contributed by atoms with van der Waals surface area (Å²) < 4.78 is 0.360. The topological polar surface area (TPSA) is 88.0 Å². The highest BCUT2D eigenvalue weighted by molar-refractivity contribution is 6.39. The predicted molar refractivity (Wildman–Crippen MR) is 99.1 cm³/mol. The number of nitrogens with two attached hydrogens (primary N) is 1. The quantitative estimate of drug-likeness (QED) is 0.843. The fourth-order valence-electron chi connectivity index (χ4n) is 3.51. The highest BCUT2D eigenvalue weighted by Gasteiger charge is 2.47. The minimum absolute atomic E-state index is 0.247. The molecule has 0 saturated carbocycles. The number of aromatic carboxylic acids is 1. The Morgan fingerprint density at radius 2 is 2.00 bits per heavy atom. The van der Waals surface area contributed by atoms with Crippen LogP contribution < -0.4 is 10.2 Å². The van der Waals surface area contributed by atoms with Crippen LogP contribution in [0.1, 0.15) is 15.9 Å². The van der Waals surface area contributed by atoms with Crippen LogP contribution in [0.25, 0.3) is 5.70 Å². The van der Waals surface area contributed by atoms with Crippen LogP contribution in [-0.2, 0) is 0 Å². The van der Waals surface area contributed by atoms with Gasteiger partial charge in [-0.05, 0) is 24.3 Å². The largest absolute Gasteiger partial charge is 0.478 e. The zero-order chi connectivity index (χ0) is 17.4. The molecule has 0 saturated heterocycles. The number of benzene rings is 2. The van der Waals surface area contributed by atoms with Gasteiger partial charge in [0, 0.05) is 18.2 Å². The Kier molecular flexibility index (Phi) is 3.56. The zero-order valence-corrected chi connectivity index (χ0v) is 13.5. The number of quaternary nitrogens is 1. The smallest absolute Gasteiger partial charge is 0.335 e. The van der Waals surface area contributed by atoms with E-state index in [1.807, 2.05) is 30.3 Å². The zero-order valence-electron chi connectivity index (χ0n) is 13.5. The SMILES string of the molecule is NCC[N+]12C(c3cccc(C(=O)O)c3)=CN=C1C=Nc1ccccc12. The molecule has 25 heavy (non-hydrogen) atoms. The van der Waals surface area contributed by atoms with Crippen LogP contribution in [0.5, 0.6) is 0 Å². The Morgan fingerprint density at radius 1 is 1.16 bits per heavy atom. The van der Waals surface area contributed by atoms with Crippen LogP contribution in [0.2, 0.25) is 0 Å². The highest BCUT2D eigenvalue weighted by Crippen LogP contribution is 2.45. The van der Waals surface area contributed by atoms with Gasteiger partial charge in [-0.15, -0.1) is 0 Å². The van der Waals surface area contributed by atoms with Gasteiger partial charge in [0.2, 0.25) is 0 Å². The van der Waals surface area contributed by atoms with E-state index in [0.29, 0.717) is 17.6 Å². The van der Waals surface area contributed by atoms with E-state index in [1.54, 1.807) is 30.6 Å². The number of carboxylic acids is 1. The molecule has 2 aliphatic heterocycles. The molecule has 0 aromatic heterocycles. The highest BCUT2D eigenvalue weighted by atomic mass is 16.4. The van der Waals surface area contributed by atoms with E-state index in [2.05, 4.69) is 9.98 Å². The van der Waals surface area contributed by atoms with Crippen molar-refractivity contribution in [3.8, 4) is 0 Å². The van der Waals surface area contributed by atoms with Gasteiger partial charge in [-0.2, -0.15) is 4.99 Å². The van der Waals surface area contributed by atoms with E-state index in [1.165, 1.54) is 0 Å². The van der Waals surface area contributed by atoms with Crippen molar-refractivity contribution < 1.29 is 9.90 Å². The molecule has 1 atom stereocenters. The summed E-state index contributed by atoms with van der Waals surface area (Å²) in [6.07, 6.45) is 3.56. The molecule has 0 spiro atoms. The molecule has 0 amide bonds. The fraction of sp³-hybridized carbons (Fsp3) is 0.105. The maximum atomic E-state index is 11.4. The van der Waals surface area contributed by atoms with Crippen molar-refractivity contribution in [2.75, 3.05) is 13.1 Å².